The second-order valence-electron chi connectivity index (χ2n) is 7.23. The van der Waals surface area contributed by atoms with Crippen LogP contribution in [0.1, 0.15) is 23.6 Å². The van der Waals surface area contributed by atoms with Gasteiger partial charge in [0.05, 0.1) is 19.5 Å². The monoisotopic (exact) mass is 604 g/mol. The van der Waals surface area contributed by atoms with E-state index < -0.39 is 0 Å². The van der Waals surface area contributed by atoms with Gasteiger partial charge in [0.25, 0.3) is 5.91 Å². The van der Waals surface area contributed by atoms with E-state index in [-0.39, 0.29) is 5.91 Å². The van der Waals surface area contributed by atoms with E-state index in [0.29, 0.717) is 27.5 Å². The Hall–Kier alpha value is -2.06. The molecule has 1 saturated heterocycles. The van der Waals surface area contributed by atoms with Gasteiger partial charge in [0.1, 0.15) is 12.4 Å². The molecule has 3 aromatic rings. The van der Waals surface area contributed by atoms with Crippen LogP contribution >= 0.6 is 55.2 Å². The normalized spacial score (nSPS) is 15.8. The molecule has 0 aromatic heterocycles. The van der Waals surface area contributed by atoms with Crippen molar-refractivity contribution in [2.45, 2.75) is 20.0 Å². The molecule has 0 radical (unpaired) electrons. The number of aliphatic imine (C=N–C) groups is 1. The summed E-state index contributed by atoms with van der Waals surface area (Å²) in [7, 11) is 0. The average Bonchev–Trinajstić information content (AvgIpc) is 3.13. The minimum atomic E-state index is -0.167. The molecule has 168 valence electrons. The minimum Gasteiger partial charge on any atom is -0.487 e. The molecule has 8 heteroatoms. The first-order chi connectivity index (χ1) is 15.9. The number of benzene rings is 3. The van der Waals surface area contributed by atoms with E-state index in [4.69, 9.17) is 16.3 Å². The molecule has 1 fully saturated rings. The Balaban J connectivity index is 1.48. The summed E-state index contributed by atoms with van der Waals surface area (Å²) in [6, 6.07) is 19.4. The summed E-state index contributed by atoms with van der Waals surface area (Å²) >= 11 is 14.4. The molecule has 0 saturated carbocycles. The van der Waals surface area contributed by atoms with Crippen LogP contribution in [-0.4, -0.2) is 11.1 Å². The number of halogens is 3. The number of aryl methyl sites for hydroxylation is 1. The predicted molar refractivity (Wildman–Crippen MR) is 144 cm³/mol. The molecule has 0 bridgehead atoms. The summed E-state index contributed by atoms with van der Waals surface area (Å²) in [5, 5.41) is 4.09. The second-order valence-corrected chi connectivity index (χ2v) is 10.4. The van der Waals surface area contributed by atoms with Crippen LogP contribution in [0.15, 0.2) is 79.5 Å². The number of carbonyl (C=O) groups is 1. The van der Waals surface area contributed by atoms with E-state index in [0.717, 1.165) is 32.2 Å². The largest absolute Gasteiger partial charge is 0.487 e. The molecule has 1 aliphatic rings. The van der Waals surface area contributed by atoms with E-state index in [1.54, 1.807) is 0 Å². The molecule has 4 nitrogen and oxygen atoms in total. The Kier molecular flexibility index (Phi) is 7.96. The van der Waals surface area contributed by atoms with Gasteiger partial charge >= 0.3 is 0 Å². The molecule has 1 heterocycles. The Morgan fingerprint density at radius 3 is 2.30 bits per heavy atom. The number of ether oxygens (including phenoxy) is 1. The fraction of sp³-hybridized carbons (Fsp3) is 0.120. The van der Waals surface area contributed by atoms with E-state index in [2.05, 4.69) is 49.1 Å². The van der Waals surface area contributed by atoms with Gasteiger partial charge in [-0.1, -0.05) is 42.8 Å². The molecule has 1 aliphatic heterocycles. The highest BCUT2D eigenvalue weighted by Gasteiger charge is 2.24. The molecule has 33 heavy (non-hydrogen) atoms. The molecular weight excluding hydrogens is 588 g/mol. The van der Waals surface area contributed by atoms with Crippen LogP contribution in [0.5, 0.6) is 5.75 Å². The average molecular weight is 607 g/mol. The van der Waals surface area contributed by atoms with Gasteiger partial charge in [-0.3, -0.25) is 4.79 Å². The van der Waals surface area contributed by atoms with E-state index in [9.17, 15) is 4.79 Å². The number of amides is 1. The lowest BCUT2D eigenvalue weighted by atomic mass is 10.2. The van der Waals surface area contributed by atoms with Crippen LogP contribution in [0.2, 0.25) is 5.02 Å². The third kappa shape index (κ3) is 6.29. The van der Waals surface area contributed by atoms with Gasteiger partial charge in [-0.05, 0) is 109 Å². The third-order valence-corrected chi connectivity index (χ3v) is 7.18. The lowest BCUT2D eigenvalue weighted by Gasteiger charge is -2.11. The maximum absolute atomic E-state index is 12.5. The number of carbonyl (C=O) groups excluding carboxylic acids is 1. The fourth-order valence-electron chi connectivity index (χ4n) is 3.09. The molecule has 1 amide bonds. The Bertz CT molecular complexity index is 1220. The summed E-state index contributed by atoms with van der Waals surface area (Å²) < 4.78 is 7.55. The molecule has 0 aliphatic carbocycles. The maximum atomic E-state index is 12.5. The van der Waals surface area contributed by atoms with Crippen molar-refractivity contribution in [2.75, 3.05) is 0 Å². The van der Waals surface area contributed by atoms with Gasteiger partial charge in [0.15, 0.2) is 5.17 Å². The number of amidine groups is 1. The molecule has 4 rings (SSSR count). The van der Waals surface area contributed by atoms with Gasteiger partial charge in [-0.2, -0.15) is 0 Å². The lowest BCUT2D eigenvalue weighted by Crippen LogP contribution is -2.19. The van der Waals surface area contributed by atoms with Crippen molar-refractivity contribution in [3.8, 4) is 5.75 Å². The van der Waals surface area contributed by atoms with Crippen molar-refractivity contribution in [3.05, 3.63) is 96.2 Å². The smallest absolute Gasteiger partial charge is 0.264 e. The van der Waals surface area contributed by atoms with Crippen LogP contribution in [0.3, 0.4) is 0 Å². The second kappa shape index (κ2) is 10.9. The van der Waals surface area contributed by atoms with Crippen molar-refractivity contribution in [1.82, 2.24) is 5.32 Å². The van der Waals surface area contributed by atoms with Gasteiger partial charge in [0.2, 0.25) is 0 Å². The van der Waals surface area contributed by atoms with Crippen LogP contribution in [-0.2, 0) is 17.8 Å². The highest BCUT2D eigenvalue weighted by Crippen LogP contribution is 2.37. The number of rotatable bonds is 6. The summed E-state index contributed by atoms with van der Waals surface area (Å²) in [5.74, 6) is 0.521. The number of nitrogens with one attached hydrogen (secondary N) is 1. The Morgan fingerprint density at radius 2 is 1.67 bits per heavy atom. The minimum absolute atomic E-state index is 0.167. The van der Waals surface area contributed by atoms with Gasteiger partial charge < -0.3 is 10.1 Å². The SMILES string of the molecule is CCc1ccc(N=C2NC(=O)/C(=C/c3cc(Br)c(OCc4ccc(Cl)cc4)c(Br)c3)S2)cc1. The zero-order valence-electron chi connectivity index (χ0n) is 17.6. The van der Waals surface area contributed by atoms with Gasteiger partial charge in [0, 0.05) is 5.02 Å². The fourth-order valence-corrected chi connectivity index (χ4v) is 5.51. The van der Waals surface area contributed by atoms with Crippen LogP contribution in [0.25, 0.3) is 6.08 Å². The zero-order chi connectivity index (χ0) is 23.4. The molecule has 0 atom stereocenters. The number of nitrogens with zero attached hydrogens (tertiary/aromatic N) is 1. The highest BCUT2D eigenvalue weighted by molar-refractivity contribution is 9.11. The van der Waals surface area contributed by atoms with E-state index >= 15 is 0 Å². The first-order valence-electron chi connectivity index (χ1n) is 10.2. The molecule has 0 unspecified atom stereocenters. The zero-order valence-corrected chi connectivity index (χ0v) is 22.3. The standard InChI is InChI=1S/C25H19Br2ClN2O2S/c1-2-15-5-9-19(10-6-15)29-25-30-24(31)22(33-25)13-17-11-20(26)23(21(27)12-17)32-14-16-3-7-18(28)8-4-16/h3-13H,2,14H2,1H3,(H,29,30,31)/b22-13-. The summed E-state index contributed by atoms with van der Waals surface area (Å²) in [5.41, 5.74) is 3.93. The quantitative estimate of drug-likeness (QED) is 0.290. The van der Waals surface area contributed by atoms with Gasteiger partial charge in [-0.25, -0.2) is 4.99 Å². The van der Waals surface area contributed by atoms with E-state index in [1.165, 1.54) is 17.3 Å². The van der Waals surface area contributed by atoms with Crippen LogP contribution < -0.4 is 10.1 Å². The van der Waals surface area contributed by atoms with Crippen LogP contribution in [0.4, 0.5) is 5.69 Å². The first-order valence-corrected chi connectivity index (χ1v) is 12.9. The van der Waals surface area contributed by atoms with E-state index in [1.807, 2.05) is 66.7 Å². The van der Waals surface area contributed by atoms with Gasteiger partial charge in [-0.15, -0.1) is 0 Å². The van der Waals surface area contributed by atoms with Crippen molar-refractivity contribution in [3.63, 3.8) is 0 Å². The number of hydrogen-bond donors (Lipinski definition) is 1. The molecule has 3 aromatic carbocycles. The lowest BCUT2D eigenvalue weighted by molar-refractivity contribution is -0.115. The summed E-state index contributed by atoms with van der Waals surface area (Å²) in [6.45, 7) is 2.52. The summed E-state index contributed by atoms with van der Waals surface area (Å²) in [4.78, 5) is 17.6. The first kappa shape index (κ1) is 24.1. The van der Waals surface area contributed by atoms with Crippen LogP contribution in [0, 0.1) is 0 Å². The molecule has 0 spiro atoms. The Labute approximate surface area is 218 Å². The van der Waals surface area contributed by atoms with Crippen molar-refractivity contribution < 1.29 is 9.53 Å². The number of thioether (sulfide) groups is 1. The number of hydrogen-bond acceptors (Lipinski definition) is 4. The van der Waals surface area contributed by atoms with Crippen molar-refractivity contribution in [2.24, 2.45) is 4.99 Å². The highest BCUT2D eigenvalue weighted by atomic mass is 79.9. The Morgan fingerprint density at radius 1 is 1.03 bits per heavy atom. The third-order valence-electron chi connectivity index (χ3n) is 4.84. The maximum Gasteiger partial charge on any atom is 0.264 e. The predicted octanol–water partition coefficient (Wildman–Crippen LogP) is 7.90. The van der Waals surface area contributed by atoms with Crippen molar-refractivity contribution in [1.29, 1.82) is 0 Å². The van der Waals surface area contributed by atoms with Crippen molar-refractivity contribution >= 4 is 78.1 Å². The summed E-state index contributed by atoms with van der Waals surface area (Å²) in [6.07, 6.45) is 2.81. The topological polar surface area (TPSA) is 50.7 Å². The molecular formula is C25H19Br2ClN2O2S. The molecule has 1 N–H and O–H groups in total.